The lowest BCUT2D eigenvalue weighted by Crippen LogP contribution is -2.29. The molecule has 0 saturated carbocycles. The van der Waals surface area contributed by atoms with Gasteiger partial charge in [-0.15, -0.1) is 0 Å². The Morgan fingerprint density at radius 3 is 2.36 bits per heavy atom. The van der Waals surface area contributed by atoms with Crippen LogP contribution in [-0.4, -0.2) is 33.3 Å². The predicted octanol–water partition coefficient (Wildman–Crippen LogP) is 3.06. The Morgan fingerprint density at radius 1 is 0.960 bits per heavy atom. The Bertz CT molecular complexity index is 728. The molecular formula is C20H25NO4. The van der Waals surface area contributed by atoms with E-state index in [1.165, 1.54) is 5.56 Å². The van der Waals surface area contributed by atoms with Gasteiger partial charge in [0.25, 0.3) is 0 Å². The van der Waals surface area contributed by atoms with Crippen LogP contribution in [0.15, 0.2) is 36.4 Å². The molecule has 0 fully saturated rings. The van der Waals surface area contributed by atoms with Gasteiger partial charge >= 0.3 is 0 Å². The largest absolute Gasteiger partial charge is 0.493 e. The molecule has 0 bridgehead atoms. The number of nitrogens with one attached hydrogen (secondary N) is 1. The van der Waals surface area contributed by atoms with Crippen molar-refractivity contribution in [3.63, 3.8) is 0 Å². The van der Waals surface area contributed by atoms with Gasteiger partial charge in [-0.1, -0.05) is 23.8 Å². The van der Waals surface area contributed by atoms with Crippen LogP contribution in [0.25, 0.3) is 0 Å². The van der Waals surface area contributed by atoms with Crippen LogP contribution < -0.4 is 19.5 Å². The van der Waals surface area contributed by atoms with Crippen LogP contribution in [0, 0.1) is 13.8 Å². The van der Waals surface area contributed by atoms with Crippen LogP contribution in [0.5, 0.6) is 17.2 Å². The first-order valence-corrected chi connectivity index (χ1v) is 8.21. The SMILES string of the molecule is COc1ccc(CC(=O)NCCOc2ccc(C)cc2C)cc1OC. The minimum atomic E-state index is -0.0588. The van der Waals surface area contributed by atoms with Crippen LogP contribution in [0.2, 0.25) is 0 Å². The van der Waals surface area contributed by atoms with Gasteiger partial charge in [-0.2, -0.15) is 0 Å². The number of hydrogen-bond donors (Lipinski definition) is 1. The molecule has 2 aromatic carbocycles. The third-order valence-corrected chi connectivity index (χ3v) is 3.82. The first-order chi connectivity index (χ1) is 12.0. The average molecular weight is 343 g/mol. The normalized spacial score (nSPS) is 10.2. The number of hydrogen-bond acceptors (Lipinski definition) is 4. The van der Waals surface area contributed by atoms with E-state index >= 15 is 0 Å². The molecule has 1 N–H and O–H groups in total. The van der Waals surface area contributed by atoms with E-state index in [1.807, 2.05) is 38.1 Å². The summed E-state index contributed by atoms with van der Waals surface area (Å²) in [6.45, 7) is 4.95. The number of carbonyl (C=O) groups is 1. The molecule has 0 radical (unpaired) electrons. The van der Waals surface area contributed by atoms with E-state index < -0.39 is 0 Å². The standard InChI is InChI=1S/C20H25NO4/c1-14-5-7-17(15(2)11-14)25-10-9-21-20(22)13-16-6-8-18(23-3)19(12-16)24-4/h5-8,11-12H,9-10,13H2,1-4H3,(H,21,22). The molecule has 0 aliphatic heterocycles. The lowest BCUT2D eigenvalue weighted by atomic mass is 10.1. The second-order valence-corrected chi connectivity index (χ2v) is 5.83. The van der Waals surface area contributed by atoms with Crippen molar-refractivity contribution in [3.05, 3.63) is 53.1 Å². The fourth-order valence-electron chi connectivity index (χ4n) is 2.55. The molecule has 25 heavy (non-hydrogen) atoms. The highest BCUT2D eigenvalue weighted by Crippen LogP contribution is 2.27. The molecule has 2 aromatic rings. The summed E-state index contributed by atoms with van der Waals surface area (Å²) in [6.07, 6.45) is 0.282. The van der Waals surface area contributed by atoms with Gasteiger partial charge in [0.2, 0.25) is 5.91 Å². The Labute approximate surface area is 148 Å². The molecule has 0 unspecified atom stereocenters. The number of carbonyl (C=O) groups excluding carboxylic acids is 1. The van der Waals surface area contributed by atoms with Crippen molar-refractivity contribution in [3.8, 4) is 17.2 Å². The van der Waals surface area contributed by atoms with Gasteiger partial charge in [-0.3, -0.25) is 4.79 Å². The maximum atomic E-state index is 12.1. The quantitative estimate of drug-likeness (QED) is 0.749. The van der Waals surface area contributed by atoms with E-state index in [2.05, 4.69) is 11.4 Å². The first kappa shape index (κ1) is 18.6. The highest BCUT2D eigenvalue weighted by atomic mass is 16.5. The van der Waals surface area contributed by atoms with Crippen molar-refractivity contribution < 1.29 is 19.0 Å². The van der Waals surface area contributed by atoms with Gasteiger partial charge in [0, 0.05) is 0 Å². The van der Waals surface area contributed by atoms with Gasteiger partial charge in [0.05, 0.1) is 27.2 Å². The molecule has 0 atom stereocenters. The summed E-state index contributed by atoms with van der Waals surface area (Å²) >= 11 is 0. The van der Waals surface area contributed by atoms with Crippen molar-refractivity contribution in [2.45, 2.75) is 20.3 Å². The summed E-state index contributed by atoms with van der Waals surface area (Å²) in [4.78, 5) is 12.1. The van der Waals surface area contributed by atoms with Crippen molar-refractivity contribution in [1.29, 1.82) is 0 Å². The zero-order valence-electron chi connectivity index (χ0n) is 15.2. The third kappa shape index (κ3) is 5.41. The van der Waals surface area contributed by atoms with Gasteiger partial charge < -0.3 is 19.5 Å². The van der Waals surface area contributed by atoms with Gasteiger partial charge in [-0.25, -0.2) is 0 Å². The fourth-order valence-corrected chi connectivity index (χ4v) is 2.55. The summed E-state index contributed by atoms with van der Waals surface area (Å²) in [5.41, 5.74) is 3.16. The van der Waals surface area contributed by atoms with E-state index in [4.69, 9.17) is 14.2 Å². The molecule has 0 spiro atoms. The Morgan fingerprint density at radius 2 is 1.68 bits per heavy atom. The zero-order valence-corrected chi connectivity index (χ0v) is 15.2. The molecule has 0 aromatic heterocycles. The third-order valence-electron chi connectivity index (χ3n) is 3.82. The molecule has 2 rings (SSSR count). The second kappa shape index (κ2) is 8.97. The van der Waals surface area contributed by atoms with E-state index in [0.29, 0.717) is 24.7 Å². The van der Waals surface area contributed by atoms with Crippen LogP contribution >= 0.6 is 0 Å². The lowest BCUT2D eigenvalue weighted by molar-refractivity contribution is -0.120. The molecule has 1 amide bonds. The summed E-state index contributed by atoms with van der Waals surface area (Å²) in [6, 6.07) is 11.5. The maximum absolute atomic E-state index is 12.1. The summed E-state index contributed by atoms with van der Waals surface area (Å²) in [7, 11) is 3.16. The average Bonchev–Trinajstić information content (AvgIpc) is 2.60. The zero-order chi connectivity index (χ0) is 18.2. The van der Waals surface area contributed by atoms with Crippen LogP contribution in [0.3, 0.4) is 0 Å². The molecule has 5 nitrogen and oxygen atoms in total. The van der Waals surface area contributed by atoms with E-state index in [9.17, 15) is 4.79 Å². The first-order valence-electron chi connectivity index (χ1n) is 8.21. The van der Waals surface area contributed by atoms with Crippen molar-refractivity contribution in [2.75, 3.05) is 27.4 Å². The highest BCUT2D eigenvalue weighted by molar-refractivity contribution is 5.78. The monoisotopic (exact) mass is 343 g/mol. The summed E-state index contributed by atoms with van der Waals surface area (Å²) < 4.78 is 16.1. The molecule has 0 aliphatic rings. The number of ether oxygens (including phenoxy) is 3. The molecular weight excluding hydrogens is 318 g/mol. The van der Waals surface area contributed by atoms with Crippen molar-refractivity contribution >= 4 is 5.91 Å². The Kier molecular flexibility index (Phi) is 6.69. The smallest absolute Gasteiger partial charge is 0.224 e. The van der Waals surface area contributed by atoms with E-state index in [1.54, 1.807) is 20.3 Å². The summed E-state index contributed by atoms with van der Waals surface area (Å²) in [5, 5.41) is 2.86. The molecule has 134 valence electrons. The lowest BCUT2D eigenvalue weighted by Gasteiger charge is -2.11. The predicted molar refractivity (Wildman–Crippen MR) is 97.7 cm³/mol. The molecule has 0 aliphatic carbocycles. The van der Waals surface area contributed by atoms with E-state index in [0.717, 1.165) is 16.9 Å². The Hall–Kier alpha value is -2.69. The van der Waals surface area contributed by atoms with Crippen LogP contribution in [-0.2, 0) is 11.2 Å². The number of amides is 1. The number of benzene rings is 2. The molecule has 5 heteroatoms. The topological polar surface area (TPSA) is 56.8 Å². The number of aryl methyl sites for hydroxylation is 2. The highest BCUT2D eigenvalue weighted by Gasteiger charge is 2.08. The van der Waals surface area contributed by atoms with Crippen molar-refractivity contribution in [2.24, 2.45) is 0 Å². The minimum absolute atomic E-state index is 0.0588. The van der Waals surface area contributed by atoms with Gasteiger partial charge in [0.15, 0.2) is 11.5 Å². The molecule has 0 saturated heterocycles. The number of rotatable bonds is 8. The number of methoxy groups -OCH3 is 2. The van der Waals surface area contributed by atoms with Crippen molar-refractivity contribution in [1.82, 2.24) is 5.32 Å². The summed E-state index contributed by atoms with van der Waals surface area (Å²) in [5.74, 6) is 2.05. The van der Waals surface area contributed by atoms with Gasteiger partial charge in [0.1, 0.15) is 12.4 Å². The van der Waals surface area contributed by atoms with Crippen LogP contribution in [0.4, 0.5) is 0 Å². The maximum Gasteiger partial charge on any atom is 0.224 e. The fraction of sp³-hybridized carbons (Fsp3) is 0.350. The molecule has 0 heterocycles. The van der Waals surface area contributed by atoms with Crippen LogP contribution in [0.1, 0.15) is 16.7 Å². The Balaban J connectivity index is 1.79. The second-order valence-electron chi connectivity index (χ2n) is 5.83. The van der Waals surface area contributed by atoms with E-state index in [-0.39, 0.29) is 12.3 Å². The minimum Gasteiger partial charge on any atom is -0.493 e. The van der Waals surface area contributed by atoms with Gasteiger partial charge in [-0.05, 0) is 43.2 Å².